The van der Waals surface area contributed by atoms with Crippen molar-refractivity contribution in [1.82, 2.24) is 0 Å². The molecule has 6 nitrogen and oxygen atoms in total. The molecule has 0 amide bonds. The maximum absolute atomic E-state index is 13.6. The highest BCUT2D eigenvalue weighted by atomic mass is 32.3. The van der Waals surface area contributed by atoms with Crippen LogP contribution in [0.25, 0.3) is 0 Å². The Morgan fingerprint density at radius 3 is 1.82 bits per heavy atom. The molecule has 1 unspecified atom stereocenters. The topological polar surface area (TPSA) is 86.7 Å². The monoisotopic (exact) mass is 314 g/mol. The molecule has 102 valence electrons. The van der Waals surface area contributed by atoms with Gasteiger partial charge in [0.25, 0.3) is 0 Å². The lowest BCUT2D eigenvalue weighted by molar-refractivity contribution is -0.249. The van der Waals surface area contributed by atoms with Gasteiger partial charge in [-0.1, -0.05) is 0 Å². The molecule has 0 aromatic heterocycles. The Labute approximate surface area is 97.1 Å². The zero-order chi connectivity index (χ0) is 13.9. The minimum atomic E-state index is -5.66. The summed E-state index contributed by atoms with van der Waals surface area (Å²) >= 11 is 0. The Balaban J connectivity index is 3.33. The zero-order valence-corrected chi connectivity index (χ0v) is 11.5. The minimum Gasteiger partial charge on any atom is -0.312 e. The molecule has 0 bridgehead atoms. The summed E-state index contributed by atoms with van der Waals surface area (Å²) in [6, 6.07) is 0. The molecule has 17 heavy (non-hydrogen) atoms. The van der Waals surface area contributed by atoms with Gasteiger partial charge in [0.2, 0.25) is 8.32 Å². The third kappa shape index (κ3) is 2.01. The van der Waals surface area contributed by atoms with Crippen LogP contribution in [-0.4, -0.2) is 35.6 Å². The van der Waals surface area contributed by atoms with Crippen molar-refractivity contribution in [3.8, 4) is 0 Å². The van der Waals surface area contributed by atoms with E-state index in [-0.39, 0.29) is 0 Å². The number of halogens is 3. The second kappa shape index (κ2) is 3.43. The van der Waals surface area contributed by atoms with Gasteiger partial charge >= 0.3 is 30.7 Å². The first-order valence-electron chi connectivity index (χ1n) is 4.13. The van der Waals surface area contributed by atoms with Gasteiger partial charge in [-0.15, -0.1) is 0 Å². The molecule has 0 aromatic rings. The summed E-state index contributed by atoms with van der Waals surface area (Å²) in [5, 5.41) is 0. The first-order chi connectivity index (χ1) is 7.16. The van der Waals surface area contributed by atoms with E-state index in [1.807, 2.05) is 0 Å². The van der Waals surface area contributed by atoms with Crippen LogP contribution < -0.4 is 0 Å². The predicted octanol–water partition coefficient (Wildman–Crippen LogP) is 0.744. The van der Waals surface area contributed by atoms with Crippen LogP contribution in [0.3, 0.4) is 0 Å². The molecular formula is C5H9F3O6S2Si. The first-order valence-corrected chi connectivity index (χ1v) is 10.4. The minimum absolute atomic E-state index is 1.26. The lowest BCUT2D eigenvalue weighted by atomic mass is 10.7. The van der Waals surface area contributed by atoms with Crippen LogP contribution in [0.15, 0.2) is 0 Å². The standard InChI is InChI=1S/C5H9F3O6S2Si/c1-17(2,3)14-16(11,12)5(8)4(6,7)13-15(5,9)10/h1-3H3. The van der Waals surface area contributed by atoms with E-state index in [1.54, 1.807) is 0 Å². The third-order valence-corrected chi connectivity index (χ3v) is 7.86. The zero-order valence-electron chi connectivity index (χ0n) is 8.90. The van der Waals surface area contributed by atoms with Gasteiger partial charge < -0.3 is 3.87 Å². The Morgan fingerprint density at radius 2 is 1.59 bits per heavy atom. The van der Waals surface area contributed by atoms with Crippen molar-refractivity contribution in [2.75, 3.05) is 0 Å². The summed E-state index contributed by atoms with van der Waals surface area (Å²) in [6.07, 6.45) is -4.98. The molecule has 1 fully saturated rings. The van der Waals surface area contributed by atoms with Crippen molar-refractivity contribution in [3.63, 3.8) is 0 Å². The summed E-state index contributed by atoms with van der Waals surface area (Å²) in [6.45, 7) is 3.79. The van der Waals surface area contributed by atoms with Crippen LogP contribution in [0, 0.1) is 0 Å². The second-order valence-corrected chi connectivity index (χ2v) is 12.5. The van der Waals surface area contributed by atoms with E-state index in [0.717, 1.165) is 0 Å². The fourth-order valence-electron chi connectivity index (χ4n) is 1.01. The van der Waals surface area contributed by atoms with Gasteiger partial charge in [0.05, 0.1) is 0 Å². The highest BCUT2D eigenvalue weighted by molar-refractivity contribution is 8.07. The Morgan fingerprint density at radius 1 is 1.18 bits per heavy atom. The SMILES string of the molecule is C[Si](C)(C)OS(=O)(=O)C1(F)C(F)(F)OS1(=O)=O. The van der Waals surface area contributed by atoms with Crippen molar-refractivity contribution in [1.29, 1.82) is 0 Å². The molecular weight excluding hydrogens is 305 g/mol. The van der Waals surface area contributed by atoms with Gasteiger partial charge in [-0.3, -0.25) is 0 Å². The summed E-state index contributed by atoms with van der Waals surface area (Å²) in [5.74, 6) is 0. The fraction of sp³-hybridized carbons (Fsp3) is 1.00. The molecule has 1 heterocycles. The molecule has 0 aliphatic carbocycles. The average molecular weight is 314 g/mol. The van der Waals surface area contributed by atoms with E-state index in [0.29, 0.717) is 0 Å². The average Bonchev–Trinajstić information content (AvgIpc) is 1.95. The van der Waals surface area contributed by atoms with Gasteiger partial charge in [0.15, 0.2) is 0 Å². The smallest absolute Gasteiger partial charge is 0.312 e. The van der Waals surface area contributed by atoms with Crippen molar-refractivity contribution in [2.45, 2.75) is 30.1 Å². The van der Waals surface area contributed by atoms with E-state index in [1.165, 1.54) is 19.6 Å². The van der Waals surface area contributed by atoms with E-state index in [2.05, 4.69) is 8.06 Å². The molecule has 12 heteroatoms. The summed E-state index contributed by atoms with van der Waals surface area (Å²) in [7, 11) is -14.2. The van der Waals surface area contributed by atoms with Gasteiger partial charge in [-0.05, 0) is 19.6 Å². The highest BCUT2D eigenvalue weighted by Crippen LogP contribution is 2.54. The Bertz CT molecular complexity index is 534. The van der Waals surface area contributed by atoms with Gasteiger partial charge in [-0.25, -0.2) is 0 Å². The van der Waals surface area contributed by atoms with Crippen LogP contribution in [-0.2, 0) is 28.3 Å². The first kappa shape index (κ1) is 14.9. The van der Waals surface area contributed by atoms with Gasteiger partial charge in [-0.2, -0.15) is 34.2 Å². The third-order valence-electron chi connectivity index (χ3n) is 1.56. The van der Waals surface area contributed by atoms with Crippen molar-refractivity contribution in [3.05, 3.63) is 0 Å². The van der Waals surface area contributed by atoms with Crippen molar-refractivity contribution in [2.24, 2.45) is 0 Å². The van der Waals surface area contributed by atoms with Crippen LogP contribution in [0.4, 0.5) is 13.2 Å². The Hall–Kier alpha value is -0.173. The predicted molar refractivity (Wildman–Crippen MR) is 52.1 cm³/mol. The van der Waals surface area contributed by atoms with E-state index in [4.69, 9.17) is 0 Å². The number of alkyl halides is 3. The normalized spacial score (nSPS) is 31.9. The summed E-state index contributed by atoms with van der Waals surface area (Å²) < 4.78 is 85.4. The molecule has 0 aromatic carbocycles. The summed E-state index contributed by atoms with van der Waals surface area (Å²) in [4.78, 5) is 0. The molecule has 1 aliphatic heterocycles. The fourth-order valence-corrected chi connectivity index (χ4v) is 6.57. The van der Waals surface area contributed by atoms with Gasteiger partial charge in [0.1, 0.15) is 0 Å². The van der Waals surface area contributed by atoms with Crippen molar-refractivity contribution < 1.29 is 38.1 Å². The van der Waals surface area contributed by atoms with Gasteiger partial charge in [0, 0.05) is 0 Å². The lowest BCUT2D eigenvalue weighted by Gasteiger charge is -2.39. The maximum atomic E-state index is 13.6. The molecule has 1 rings (SSSR count). The van der Waals surface area contributed by atoms with Crippen LogP contribution in [0.2, 0.25) is 19.6 Å². The molecule has 0 N–H and O–H groups in total. The highest BCUT2D eigenvalue weighted by Gasteiger charge is 2.87. The molecule has 1 saturated heterocycles. The molecule has 0 radical (unpaired) electrons. The molecule has 1 atom stereocenters. The largest absolute Gasteiger partial charge is 0.446 e. The molecule has 0 spiro atoms. The number of hydrogen-bond donors (Lipinski definition) is 0. The quantitative estimate of drug-likeness (QED) is 0.564. The van der Waals surface area contributed by atoms with E-state index >= 15 is 0 Å². The van der Waals surface area contributed by atoms with Crippen LogP contribution in [0.5, 0.6) is 0 Å². The summed E-state index contributed by atoms with van der Waals surface area (Å²) in [5.41, 5.74) is 0. The Kier molecular flexibility index (Phi) is 3.01. The van der Waals surface area contributed by atoms with E-state index < -0.39 is 39.0 Å². The lowest BCUT2D eigenvalue weighted by Crippen LogP contribution is -2.69. The molecule has 1 aliphatic rings. The van der Waals surface area contributed by atoms with E-state index in [9.17, 15) is 30.0 Å². The second-order valence-electron chi connectivity index (χ2n) is 4.24. The van der Waals surface area contributed by atoms with Crippen molar-refractivity contribution >= 4 is 28.6 Å². The van der Waals surface area contributed by atoms with Crippen LogP contribution >= 0.6 is 0 Å². The van der Waals surface area contributed by atoms with Crippen LogP contribution in [0.1, 0.15) is 0 Å². The number of hydrogen-bond acceptors (Lipinski definition) is 6. The number of rotatable bonds is 3. The molecule has 0 saturated carbocycles. The maximum Gasteiger partial charge on any atom is 0.446 e.